The van der Waals surface area contributed by atoms with Gasteiger partial charge in [-0.15, -0.1) is 0 Å². The molecule has 2 rings (SSSR count). The van der Waals surface area contributed by atoms with E-state index in [9.17, 15) is 4.79 Å². The van der Waals surface area contributed by atoms with E-state index >= 15 is 0 Å². The molecule has 1 aromatic rings. The van der Waals surface area contributed by atoms with Gasteiger partial charge in [-0.25, -0.2) is 0 Å². The van der Waals surface area contributed by atoms with Crippen molar-refractivity contribution in [2.24, 2.45) is 0 Å². The lowest BCUT2D eigenvalue weighted by Gasteiger charge is -2.27. The van der Waals surface area contributed by atoms with Crippen molar-refractivity contribution >= 4 is 44.4 Å². The molecule has 0 unspecified atom stereocenters. The van der Waals surface area contributed by atoms with Crippen LogP contribution in [0.15, 0.2) is 22.7 Å². The second kappa shape index (κ2) is 6.15. The van der Waals surface area contributed by atoms with Crippen LogP contribution in [0, 0.1) is 3.57 Å². The van der Waals surface area contributed by atoms with Crippen LogP contribution in [0.3, 0.4) is 0 Å². The Morgan fingerprint density at radius 1 is 1.41 bits per heavy atom. The SMILES string of the molecule is O=C(Cc1cc(Br)ccc1I)N1CCOCC1. The Labute approximate surface area is 123 Å². The Kier molecular flexibility index (Phi) is 4.81. The molecule has 0 spiro atoms. The quantitative estimate of drug-likeness (QED) is 0.702. The molecule has 1 fully saturated rings. The molecule has 1 aliphatic rings. The minimum atomic E-state index is 0.185. The average Bonchev–Trinajstić information content (AvgIpc) is 2.35. The van der Waals surface area contributed by atoms with Crippen molar-refractivity contribution in [3.8, 4) is 0 Å². The highest BCUT2D eigenvalue weighted by Gasteiger charge is 2.17. The summed E-state index contributed by atoms with van der Waals surface area (Å²) in [4.78, 5) is 14.0. The lowest BCUT2D eigenvalue weighted by Crippen LogP contribution is -2.41. The molecule has 0 aliphatic carbocycles. The first-order valence-corrected chi connectivity index (χ1v) is 7.33. The second-order valence-electron chi connectivity index (χ2n) is 3.91. The van der Waals surface area contributed by atoms with Crippen molar-refractivity contribution in [3.63, 3.8) is 0 Å². The van der Waals surface area contributed by atoms with E-state index in [2.05, 4.69) is 38.5 Å². The third-order valence-electron chi connectivity index (χ3n) is 2.71. The number of amides is 1. The van der Waals surface area contributed by atoms with Crippen molar-refractivity contribution in [1.29, 1.82) is 0 Å². The van der Waals surface area contributed by atoms with Gasteiger partial charge in [0, 0.05) is 21.1 Å². The lowest BCUT2D eigenvalue weighted by molar-refractivity contribution is -0.134. The molecule has 1 heterocycles. The van der Waals surface area contributed by atoms with Crippen molar-refractivity contribution in [1.82, 2.24) is 4.90 Å². The number of carbonyl (C=O) groups excluding carboxylic acids is 1. The van der Waals surface area contributed by atoms with Crippen molar-refractivity contribution in [3.05, 3.63) is 31.8 Å². The number of carbonyl (C=O) groups is 1. The zero-order valence-corrected chi connectivity index (χ0v) is 13.0. The highest BCUT2D eigenvalue weighted by Crippen LogP contribution is 2.19. The summed E-state index contributed by atoms with van der Waals surface area (Å²) in [7, 11) is 0. The van der Waals surface area contributed by atoms with Crippen LogP contribution in [0.25, 0.3) is 0 Å². The molecule has 1 aromatic carbocycles. The zero-order chi connectivity index (χ0) is 12.3. The third-order valence-corrected chi connectivity index (χ3v) is 4.26. The summed E-state index contributed by atoms with van der Waals surface area (Å²) in [6.07, 6.45) is 0.470. The summed E-state index contributed by atoms with van der Waals surface area (Å²) in [5.41, 5.74) is 1.08. The largest absolute Gasteiger partial charge is 0.378 e. The Morgan fingerprint density at radius 3 is 2.82 bits per heavy atom. The maximum absolute atomic E-state index is 12.1. The van der Waals surface area contributed by atoms with Crippen LogP contribution in [-0.2, 0) is 16.0 Å². The van der Waals surface area contributed by atoms with E-state index in [-0.39, 0.29) is 5.91 Å². The van der Waals surface area contributed by atoms with Gasteiger partial charge in [0.2, 0.25) is 5.91 Å². The molecule has 0 N–H and O–H groups in total. The van der Waals surface area contributed by atoms with Crippen LogP contribution >= 0.6 is 38.5 Å². The Balaban J connectivity index is 2.04. The molecule has 0 saturated carbocycles. The van der Waals surface area contributed by atoms with Gasteiger partial charge in [-0.05, 0) is 46.4 Å². The van der Waals surface area contributed by atoms with Gasteiger partial charge >= 0.3 is 0 Å². The van der Waals surface area contributed by atoms with E-state index in [0.717, 1.165) is 13.6 Å². The fourth-order valence-electron chi connectivity index (χ4n) is 1.77. The predicted octanol–water partition coefficient (Wildman–Crippen LogP) is 2.46. The molecule has 0 aromatic heterocycles. The molecule has 0 radical (unpaired) electrons. The summed E-state index contributed by atoms with van der Waals surface area (Å²) in [6.45, 7) is 2.73. The van der Waals surface area contributed by atoms with Crippen LogP contribution in [-0.4, -0.2) is 37.1 Å². The highest BCUT2D eigenvalue weighted by molar-refractivity contribution is 14.1. The van der Waals surface area contributed by atoms with E-state index in [1.165, 1.54) is 0 Å². The zero-order valence-electron chi connectivity index (χ0n) is 9.29. The van der Waals surface area contributed by atoms with Crippen LogP contribution in [0.2, 0.25) is 0 Å². The maximum atomic E-state index is 12.1. The molecular formula is C12H13BrINO2. The molecule has 0 atom stereocenters. The summed E-state index contributed by atoms with van der Waals surface area (Å²) in [5.74, 6) is 0.185. The molecule has 0 bridgehead atoms. The predicted molar refractivity (Wildman–Crippen MR) is 78.0 cm³/mol. The molecule has 92 valence electrons. The number of nitrogens with zero attached hydrogens (tertiary/aromatic N) is 1. The Bertz CT molecular complexity index is 419. The molecule has 1 saturated heterocycles. The van der Waals surface area contributed by atoms with Crippen molar-refractivity contribution < 1.29 is 9.53 Å². The summed E-state index contributed by atoms with van der Waals surface area (Å²) in [5, 5.41) is 0. The number of rotatable bonds is 2. The molecule has 1 aliphatic heterocycles. The minimum Gasteiger partial charge on any atom is -0.378 e. The summed E-state index contributed by atoms with van der Waals surface area (Å²) < 4.78 is 7.39. The van der Waals surface area contributed by atoms with Gasteiger partial charge in [0.05, 0.1) is 19.6 Å². The van der Waals surface area contributed by atoms with Crippen LogP contribution in [0.4, 0.5) is 0 Å². The van der Waals surface area contributed by atoms with E-state index in [1.54, 1.807) is 0 Å². The second-order valence-corrected chi connectivity index (χ2v) is 5.98. The van der Waals surface area contributed by atoms with Crippen LogP contribution in [0.5, 0.6) is 0 Å². The van der Waals surface area contributed by atoms with E-state index in [1.807, 2.05) is 23.1 Å². The number of ether oxygens (including phenoxy) is 1. The standard InChI is InChI=1S/C12H13BrINO2/c13-10-1-2-11(14)9(7-10)8-12(16)15-3-5-17-6-4-15/h1-2,7H,3-6,8H2. The monoisotopic (exact) mass is 409 g/mol. The van der Waals surface area contributed by atoms with Gasteiger partial charge in [-0.2, -0.15) is 0 Å². The molecule has 3 nitrogen and oxygen atoms in total. The third kappa shape index (κ3) is 3.66. The number of halogens is 2. The van der Waals surface area contributed by atoms with Gasteiger partial charge in [-0.1, -0.05) is 15.9 Å². The lowest BCUT2D eigenvalue weighted by atomic mass is 10.1. The number of hydrogen-bond acceptors (Lipinski definition) is 2. The van der Waals surface area contributed by atoms with Gasteiger partial charge < -0.3 is 9.64 Å². The number of morpholine rings is 1. The van der Waals surface area contributed by atoms with Crippen molar-refractivity contribution in [2.45, 2.75) is 6.42 Å². The first-order chi connectivity index (χ1) is 8.16. The molecule has 17 heavy (non-hydrogen) atoms. The number of hydrogen-bond donors (Lipinski definition) is 0. The smallest absolute Gasteiger partial charge is 0.227 e. The Hall–Kier alpha value is -0.140. The first kappa shape index (κ1) is 13.3. The Morgan fingerprint density at radius 2 is 2.12 bits per heavy atom. The van der Waals surface area contributed by atoms with E-state index < -0.39 is 0 Å². The normalized spacial score (nSPS) is 16.0. The van der Waals surface area contributed by atoms with Crippen molar-refractivity contribution in [2.75, 3.05) is 26.3 Å². The number of benzene rings is 1. The van der Waals surface area contributed by atoms with Gasteiger partial charge in [0.1, 0.15) is 0 Å². The topological polar surface area (TPSA) is 29.5 Å². The summed E-state index contributed by atoms with van der Waals surface area (Å²) >= 11 is 5.70. The van der Waals surface area contributed by atoms with Crippen LogP contribution < -0.4 is 0 Å². The van der Waals surface area contributed by atoms with Gasteiger partial charge in [0.15, 0.2) is 0 Å². The van der Waals surface area contributed by atoms with Gasteiger partial charge in [0.25, 0.3) is 0 Å². The molecule has 1 amide bonds. The van der Waals surface area contributed by atoms with Gasteiger partial charge in [-0.3, -0.25) is 4.79 Å². The maximum Gasteiger partial charge on any atom is 0.227 e. The van der Waals surface area contributed by atoms with E-state index in [0.29, 0.717) is 32.7 Å². The molecule has 5 heteroatoms. The minimum absolute atomic E-state index is 0.185. The fourth-order valence-corrected chi connectivity index (χ4v) is 2.70. The van der Waals surface area contributed by atoms with E-state index in [4.69, 9.17) is 4.74 Å². The highest BCUT2D eigenvalue weighted by atomic mass is 127. The van der Waals surface area contributed by atoms with Crippen LogP contribution in [0.1, 0.15) is 5.56 Å². The fraction of sp³-hybridized carbons (Fsp3) is 0.417. The average molecular weight is 410 g/mol. The summed E-state index contributed by atoms with van der Waals surface area (Å²) in [6, 6.07) is 6.02. The first-order valence-electron chi connectivity index (χ1n) is 5.46. The molecular weight excluding hydrogens is 397 g/mol.